The lowest BCUT2D eigenvalue weighted by Crippen LogP contribution is -2.47. The summed E-state index contributed by atoms with van der Waals surface area (Å²) in [5.74, 6) is 2.18. The highest BCUT2D eigenvalue weighted by Crippen LogP contribution is 2.34. The Morgan fingerprint density at radius 2 is 1.77 bits per heavy atom. The molecule has 6 heteroatoms. The van der Waals surface area contributed by atoms with Gasteiger partial charge in [0, 0.05) is 48.9 Å². The second kappa shape index (κ2) is 8.34. The van der Waals surface area contributed by atoms with Crippen LogP contribution in [0.5, 0.6) is 0 Å². The predicted octanol–water partition coefficient (Wildman–Crippen LogP) is 2.83. The molecule has 0 saturated carbocycles. The number of aryl methyl sites for hydroxylation is 1. The fraction of sp³-hybridized carbons (Fsp3) is 0.542. The Morgan fingerprint density at radius 3 is 2.53 bits per heavy atom. The van der Waals surface area contributed by atoms with Crippen molar-refractivity contribution in [2.24, 2.45) is 5.92 Å². The standard InChI is InChI=1S/C24H30N4O2/c29-19-8-5-13-28(16-19)24(30)18-11-14-27(15-12-18)23-20-9-4-10-21(20)25-22(26-23)17-6-2-1-3-7-17/h1-3,6-7,18-19,29H,4-5,8-16H2/t19-/m0/s1. The Bertz CT molecular complexity index is 909. The summed E-state index contributed by atoms with van der Waals surface area (Å²) in [5, 5.41) is 9.91. The van der Waals surface area contributed by atoms with Crippen LogP contribution >= 0.6 is 0 Å². The summed E-state index contributed by atoms with van der Waals surface area (Å²) in [7, 11) is 0. The van der Waals surface area contributed by atoms with E-state index in [1.807, 2.05) is 23.1 Å². The smallest absolute Gasteiger partial charge is 0.225 e. The van der Waals surface area contributed by atoms with Crippen LogP contribution in [0, 0.1) is 5.92 Å². The molecule has 0 unspecified atom stereocenters. The molecule has 1 aliphatic carbocycles. The molecule has 30 heavy (non-hydrogen) atoms. The van der Waals surface area contributed by atoms with Gasteiger partial charge in [0.1, 0.15) is 5.82 Å². The van der Waals surface area contributed by atoms with Gasteiger partial charge in [-0.1, -0.05) is 30.3 Å². The number of amides is 1. The molecule has 5 rings (SSSR count). The van der Waals surface area contributed by atoms with Gasteiger partial charge in [-0.05, 0) is 44.9 Å². The largest absolute Gasteiger partial charge is 0.391 e. The molecule has 2 saturated heterocycles. The highest BCUT2D eigenvalue weighted by atomic mass is 16.3. The first-order valence-corrected chi connectivity index (χ1v) is 11.4. The van der Waals surface area contributed by atoms with Gasteiger partial charge >= 0.3 is 0 Å². The normalized spacial score (nSPS) is 22.2. The molecule has 2 aliphatic heterocycles. The number of rotatable bonds is 3. The Kier molecular flexibility index (Phi) is 5.42. The van der Waals surface area contributed by atoms with E-state index in [1.54, 1.807) is 0 Å². The summed E-state index contributed by atoms with van der Waals surface area (Å²) in [6.45, 7) is 2.99. The Balaban J connectivity index is 1.32. The summed E-state index contributed by atoms with van der Waals surface area (Å²) in [5.41, 5.74) is 3.56. The number of aliphatic hydroxyl groups is 1. The van der Waals surface area contributed by atoms with Crippen molar-refractivity contribution >= 4 is 11.7 Å². The van der Waals surface area contributed by atoms with Crippen LogP contribution in [0.25, 0.3) is 11.4 Å². The SMILES string of the molecule is O=C(C1CCN(c2nc(-c3ccccc3)nc3c2CCC3)CC1)N1CCC[C@H](O)C1. The van der Waals surface area contributed by atoms with Crippen molar-refractivity contribution < 1.29 is 9.90 Å². The molecule has 1 N–H and O–H groups in total. The third-order valence-electron chi connectivity index (χ3n) is 6.80. The van der Waals surface area contributed by atoms with E-state index in [1.165, 1.54) is 11.3 Å². The van der Waals surface area contributed by atoms with Crippen LogP contribution < -0.4 is 4.90 Å². The quantitative estimate of drug-likeness (QED) is 0.849. The zero-order valence-electron chi connectivity index (χ0n) is 17.5. The lowest BCUT2D eigenvalue weighted by Gasteiger charge is -2.37. The number of aromatic nitrogens is 2. The molecule has 3 aliphatic rings. The van der Waals surface area contributed by atoms with Gasteiger partial charge in [-0.15, -0.1) is 0 Å². The number of carbonyl (C=O) groups is 1. The monoisotopic (exact) mass is 406 g/mol. The highest BCUT2D eigenvalue weighted by Gasteiger charge is 2.32. The lowest BCUT2D eigenvalue weighted by atomic mass is 9.93. The van der Waals surface area contributed by atoms with Crippen LogP contribution in [0.2, 0.25) is 0 Å². The van der Waals surface area contributed by atoms with Crippen molar-refractivity contribution in [3.63, 3.8) is 0 Å². The first-order chi connectivity index (χ1) is 14.7. The topological polar surface area (TPSA) is 69.6 Å². The number of hydrogen-bond acceptors (Lipinski definition) is 5. The van der Waals surface area contributed by atoms with Crippen molar-refractivity contribution in [1.29, 1.82) is 0 Å². The predicted molar refractivity (Wildman–Crippen MR) is 116 cm³/mol. The zero-order chi connectivity index (χ0) is 20.5. The number of nitrogens with zero attached hydrogens (tertiary/aromatic N) is 4. The number of anilines is 1. The minimum absolute atomic E-state index is 0.0648. The summed E-state index contributed by atoms with van der Waals surface area (Å²) >= 11 is 0. The maximum Gasteiger partial charge on any atom is 0.225 e. The summed E-state index contributed by atoms with van der Waals surface area (Å²) in [6, 6.07) is 10.2. The van der Waals surface area contributed by atoms with E-state index in [0.29, 0.717) is 6.54 Å². The second-order valence-corrected chi connectivity index (χ2v) is 8.86. The summed E-state index contributed by atoms with van der Waals surface area (Å²) in [6.07, 6.45) is 6.27. The van der Waals surface area contributed by atoms with Crippen LogP contribution in [0.4, 0.5) is 5.82 Å². The van der Waals surface area contributed by atoms with Crippen molar-refractivity contribution in [2.75, 3.05) is 31.1 Å². The molecule has 1 aromatic carbocycles. The van der Waals surface area contributed by atoms with Crippen molar-refractivity contribution in [3.8, 4) is 11.4 Å². The van der Waals surface area contributed by atoms with Gasteiger partial charge in [-0.25, -0.2) is 9.97 Å². The number of piperidine rings is 2. The van der Waals surface area contributed by atoms with E-state index in [-0.39, 0.29) is 17.9 Å². The molecule has 2 fully saturated rings. The molecule has 1 aromatic heterocycles. The third-order valence-corrected chi connectivity index (χ3v) is 6.80. The fourth-order valence-corrected chi connectivity index (χ4v) is 5.14. The molecular formula is C24H30N4O2. The molecule has 0 radical (unpaired) electrons. The van der Waals surface area contributed by atoms with Gasteiger partial charge < -0.3 is 14.9 Å². The highest BCUT2D eigenvalue weighted by molar-refractivity contribution is 5.79. The second-order valence-electron chi connectivity index (χ2n) is 8.86. The van der Waals surface area contributed by atoms with Crippen LogP contribution in [0.15, 0.2) is 30.3 Å². The van der Waals surface area contributed by atoms with E-state index in [4.69, 9.17) is 9.97 Å². The molecule has 0 spiro atoms. The molecule has 1 amide bonds. The van der Waals surface area contributed by atoms with Crippen molar-refractivity contribution in [1.82, 2.24) is 14.9 Å². The average molecular weight is 407 g/mol. The number of benzene rings is 1. The van der Waals surface area contributed by atoms with Crippen molar-refractivity contribution in [2.45, 2.75) is 51.0 Å². The molecule has 1 atom stereocenters. The molecule has 6 nitrogen and oxygen atoms in total. The third kappa shape index (κ3) is 3.81. The first-order valence-electron chi connectivity index (χ1n) is 11.4. The molecule has 2 aromatic rings. The number of β-amino-alcohol motifs (C(OH)–C–C–N with tert-alkyl or cyclic N) is 1. The summed E-state index contributed by atoms with van der Waals surface area (Å²) < 4.78 is 0. The Labute approximate surface area is 177 Å². The number of likely N-dealkylation sites (tertiary alicyclic amines) is 1. The van der Waals surface area contributed by atoms with Gasteiger partial charge in [0.25, 0.3) is 0 Å². The van der Waals surface area contributed by atoms with E-state index >= 15 is 0 Å². The van der Waals surface area contributed by atoms with E-state index in [2.05, 4.69) is 17.0 Å². The average Bonchev–Trinajstić information content (AvgIpc) is 3.27. The van der Waals surface area contributed by atoms with Crippen LogP contribution in [0.1, 0.15) is 43.4 Å². The number of fused-ring (bicyclic) bond motifs is 1. The van der Waals surface area contributed by atoms with Gasteiger partial charge in [0.15, 0.2) is 5.82 Å². The minimum Gasteiger partial charge on any atom is -0.391 e. The lowest BCUT2D eigenvalue weighted by molar-refractivity contribution is -0.139. The minimum atomic E-state index is -0.359. The number of hydrogen-bond donors (Lipinski definition) is 1. The van der Waals surface area contributed by atoms with E-state index in [0.717, 1.165) is 81.8 Å². The molecule has 3 heterocycles. The molecule has 0 bridgehead atoms. The molecular weight excluding hydrogens is 376 g/mol. The Morgan fingerprint density at radius 1 is 0.967 bits per heavy atom. The van der Waals surface area contributed by atoms with E-state index in [9.17, 15) is 9.90 Å². The maximum atomic E-state index is 12.9. The summed E-state index contributed by atoms with van der Waals surface area (Å²) in [4.78, 5) is 27.0. The Hall–Kier alpha value is -2.47. The van der Waals surface area contributed by atoms with Gasteiger partial charge in [-0.2, -0.15) is 0 Å². The van der Waals surface area contributed by atoms with Gasteiger partial charge in [0.05, 0.1) is 6.10 Å². The van der Waals surface area contributed by atoms with Crippen LogP contribution in [-0.2, 0) is 17.6 Å². The van der Waals surface area contributed by atoms with Crippen molar-refractivity contribution in [3.05, 3.63) is 41.6 Å². The first kappa shape index (κ1) is 19.5. The number of aliphatic hydroxyl groups excluding tert-OH is 1. The number of carbonyl (C=O) groups excluding carboxylic acids is 1. The molecule has 158 valence electrons. The van der Waals surface area contributed by atoms with E-state index < -0.39 is 0 Å². The van der Waals surface area contributed by atoms with Crippen LogP contribution in [-0.4, -0.2) is 58.2 Å². The maximum absolute atomic E-state index is 12.9. The van der Waals surface area contributed by atoms with Gasteiger partial charge in [0.2, 0.25) is 5.91 Å². The zero-order valence-corrected chi connectivity index (χ0v) is 17.5. The fourth-order valence-electron chi connectivity index (χ4n) is 5.14. The van der Waals surface area contributed by atoms with Gasteiger partial charge in [-0.3, -0.25) is 4.79 Å². The van der Waals surface area contributed by atoms with Crippen LogP contribution in [0.3, 0.4) is 0 Å².